The van der Waals surface area contributed by atoms with Crippen molar-refractivity contribution in [1.29, 1.82) is 0 Å². The third kappa shape index (κ3) is 2.92. The van der Waals surface area contributed by atoms with Gasteiger partial charge in [0.25, 0.3) is 0 Å². The first-order valence-corrected chi connectivity index (χ1v) is 11.8. The molecule has 2 nitrogen and oxygen atoms in total. The molecule has 0 N–H and O–H groups in total. The minimum Gasteiger partial charge on any atom is -0.288 e. The Hall–Kier alpha value is -1.88. The van der Waals surface area contributed by atoms with Crippen LogP contribution in [0.2, 0.25) is 0 Å². The summed E-state index contributed by atoms with van der Waals surface area (Å²) in [6, 6.07) is 18.3. The van der Waals surface area contributed by atoms with Crippen LogP contribution in [0, 0.1) is 0 Å². The molecule has 2 heterocycles. The Morgan fingerprint density at radius 1 is 0.833 bits per heavy atom. The van der Waals surface area contributed by atoms with E-state index < -0.39 is 0 Å². The Kier molecular flexibility index (Phi) is 5.34. The Bertz CT molecular complexity index is 1180. The molecule has 0 bridgehead atoms. The summed E-state index contributed by atoms with van der Waals surface area (Å²) < 4.78 is 0. The van der Waals surface area contributed by atoms with E-state index in [1.54, 1.807) is 5.56 Å². The van der Waals surface area contributed by atoms with Crippen LogP contribution in [0.5, 0.6) is 0 Å². The molecule has 1 aliphatic carbocycles. The number of fused-ring (bicyclic) bond motifs is 5. The van der Waals surface area contributed by atoms with Crippen molar-refractivity contribution in [3.05, 3.63) is 76.2 Å². The predicted molar refractivity (Wildman–Crippen MR) is 133 cm³/mol. The molecule has 1 fully saturated rings. The topological polar surface area (TPSA) is 16.1 Å². The lowest BCUT2D eigenvalue weighted by Gasteiger charge is -2.48. The second-order valence-electron chi connectivity index (χ2n) is 8.57. The summed E-state index contributed by atoms with van der Waals surface area (Å²) in [4.78, 5) is 7.66. The summed E-state index contributed by atoms with van der Waals surface area (Å²) in [5.74, 6) is 0. The zero-order chi connectivity index (χ0) is 19.3. The van der Waals surface area contributed by atoms with Crippen LogP contribution < -0.4 is 0 Å². The summed E-state index contributed by atoms with van der Waals surface area (Å²) >= 11 is 1.84. The second-order valence-corrected chi connectivity index (χ2v) is 9.47. The molecule has 30 heavy (non-hydrogen) atoms. The molecule has 1 aliphatic heterocycles. The number of hydrogen-bond donors (Lipinski definition) is 0. The molecule has 4 heteroatoms. The summed E-state index contributed by atoms with van der Waals surface area (Å²) in [5, 5.41) is 8.99. The molecule has 3 aromatic carbocycles. The molecule has 0 amide bonds. The average Bonchev–Trinajstić information content (AvgIpc) is 3.34. The maximum absolute atomic E-state index is 4.89. The average molecular weight is 433 g/mol. The third-order valence-corrected chi connectivity index (χ3v) is 8.05. The Balaban J connectivity index is 0.00000193. The number of hydrogen-bond acceptors (Lipinski definition) is 3. The van der Waals surface area contributed by atoms with Crippen molar-refractivity contribution < 1.29 is 0 Å². The Morgan fingerprint density at radius 3 is 2.50 bits per heavy atom. The van der Waals surface area contributed by atoms with Crippen LogP contribution in [0.4, 0.5) is 0 Å². The number of rotatable bonds is 2. The number of benzene rings is 3. The first-order chi connectivity index (χ1) is 14.4. The van der Waals surface area contributed by atoms with E-state index in [0.29, 0.717) is 0 Å². The lowest BCUT2D eigenvalue weighted by Crippen LogP contribution is -2.51. The van der Waals surface area contributed by atoms with Gasteiger partial charge in [-0.3, -0.25) is 4.90 Å². The van der Waals surface area contributed by atoms with E-state index >= 15 is 0 Å². The summed E-state index contributed by atoms with van der Waals surface area (Å²) in [5.41, 5.74) is 3.03. The van der Waals surface area contributed by atoms with Gasteiger partial charge in [0.05, 0.1) is 5.54 Å². The van der Waals surface area contributed by atoms with Gasteiger partial charge in [0, 0.05) is 11.6 Å². The third-order valence-electron chi connectivity index (χ3n) is 7.13. The van der Waals surface area contributed by atoms with E-state index in [9.17, 15) is 0 Å². The lowest BCUT2D eigenvalue weighted by atomic mass is 9.73. The van der Waals surface area contributed by atoms with Crippen LogP contribution in [0.1, 0.15) is 48.2 Å². The normalized spacial score (nSPS) is 22.0. The van der Waals surface area contributed by atoms with Crippen LogP contribution in [0.3, 0.4) is 0 Å². The molecule has 1 unspecified atom stereocenters. The number of nitrogens with zero attached hydrogens (tertiary/aromatic N) is 2. The SMILES string of the molecule is S.c1ccc2c(c1)ccc1c3c(ccc12)C(c1nccs1)(N1CCCCC1)CCC3. The van der Waals surface area contributed by atoms with Crippen molar-refractivity contribution in [3.8, 4) is 0 Å². The molecule has 1 atom stereocenters. The van der Waals surface area contributed by atoms with Crippen molar-refractivity contribution in [2.24, 2.45) is 0 Å². The molecular weight excluding hydrogens is 404 g/mol. The quantitative estimate of drug-likeness (QED) is 0.331. The van der Waals surface area contributed by atoms with Gasteiger partial charge in [-0.1, -0.05) is 55.0 Å². The molecular formula is C26H28N2S2. The van der Waals surface area contributed by atoms with E-state index in [-0.39, 0.29) is 19.0 Å². The van der Waals surface area contributed by atoms with Crippen LogP contribution in [0.25, 0.3) is 21.5 Å². The fourth-order valence-corrected chi connectivity index (χ4v) is 6.76. The zero-order valence-corrected chi connectivity index (χ0v) is 19.0. The van der Waals surface area contributed by atoms with Gasteiger partial charge < -0.3 is 0 Å². The number of aryl methyl sites for hydroxylation is 1. The molecule has 2 aliphatic rings. The number of likely N-dealkylation sites (tertiary alicyclic amines) is 1. The van der Waals surface area contributed by atoms with Crippen LogP contribution in [-0.2, 0) is 12.0 Å². The maximum Gasteiger partial charge on any atom is 0.117 e. The Morgan fingerprint density at radius 2 is 1.67 bits per heavy atom. The zero-order valence-electron chi connectivity index (χ0n) is 17.2. The fourth-order valence-electron chi connectivity index (χ4n) is 5.85. The van der Waals surface area contributed by atoms with E-state index in [4.69, 9.17) is 4.98 Å². The highest BCUT2D eigenvalue weighted by atomic mass is 32.1. The molecule has 154 valence electrons. The first kappa shape index (κ1) is 20.0. The van der Waals surface area contributed by atoms with Crippen molar-refractivity contribution in [3.63, 3.8) is 0 Å². The van der Waals surface area contributed by atoms with Crippen molar-refractivity contribution >= 4 is 46.4 Å². The monoisotopic (exact) mass is 432 g/mol. The van der Waals surface area contributed by atoms with E-state index in [2.05, 4.69) is 58.8 Å². The maximum atomic E-state index is 4.89. The fraction of sp³-hybridized carbons (Fsp3) is 0.346. The van der Waals surface area contributed by atoms with Crippen molar-refractivity contribution in [2.45, 2.75) is 44.1 Å². The van der Waals surface area contributed by atoms with Gasteiger partial charge in [-0.05, 0) is 77.9 Å². The van der Waals surface area contributed by atoms with E-state index in [0.717, 1.165) is 0 Å². The highest BCUT2D eigenvalue weighted by Crippen LogP contribution is 2.49. The summed E-state index contributed by atoms with van der Waals surface area (Å²) in [7, 11) is 0. The van der Waals surface area contributed by atoms with Gasteiger partial charge >= 0.3 is 0 Å². The van der Waals surface area contributed by atoms with Gasteiger partial charge in [0.2, 0.25) is 0 Å². The summed E-state index contributed by atoms with van der Waals surface area (Å²) in [6.07, 6.45) is 9.56. The molecule has 0 spiro atoms. The number of aromatic nitrogens is 1. The minimum absolute atomic E-state index is 0. The molecule has 4 aromatic rings. The van der Waals surface area contributed by atoms with Crippen LogP contribution in [0.15, 0.2) is 60.1 Å². The predicted octanol–water partition coefficient (Wildman–Crippen LogP) is 6.63. The van der Waals surface area contributed by atoms with Crippen LogP contribution in [-0.4, -0.2) is 23.0 Å². The standard InChI is InChI=1S/C26H26N2S.H2S/c1-4-16-28(17-5-1)26(25-27-15-18-29-25)14-6-9-23-22-11-10-19-7-2-3-8-20(19)21(22)12-13-24(23)26;/h2-3,7-8,10-13,15,18H,1,4-6,9,14,16-17H2;1H2. The number of piperidine rings is 1. The number of thiazole rings is 1. The van der Waals surface area contributed by atoms with Crippen LogP contribution >= 0.6 is 24.8 Å². The smallest absolute Gasteiger partial charge is 0.117 e. The molecule has 1 aromatic heterocycles. The first-order valence-electron chi connectivity index (χ1n) is 11.0. The molecule has 6 rings (SSSR count). The van der Waals surface area contributed by atoms with Gasteiger partial charge in [-0.25, -0.2) is 4.98 Å². The molecule has 1 saturated heterocycles. The Labute approximate surface area is 189 Å². The van der Waals surface area contributed by atoms with Gasteiger partial charge in [0.1, 0.15) is 5.01 Å². The van der Waals surface area contributed by atoms with Crippen molar-refractivity contribution in [2.75, 3.05) is 13.1 Å². The molecule has 0 saturated carbocycles. The van der Waals surface area contributed by atoms with E-state index in [1.807, 2.05) is 17.5 Å². The highest BCUT2D eigenvalue weighted by molar-refractivity contribution is 7.59. The van der Waals surface area contributed by atoms with Gasteiger partial charge in [-0.15, -0.1) is 11.3 Å². The minimum atomic E-state index is -0.0397. The van der Waals surface area contributed by atoms with Gasteiger partial charge in [0.15, 0.2) is 0 Å². The highest BCUT2D eigenvalue weighted by Gasteiger charge is 2.45. The second kappa shape index (κ2) is 7.99. The largest absolute Gasteiger partial charge is 0.288 e. The van der Waals surface area contributed by atoms with Crippen molar-refractivity contribution in [1.82, 2.24) is 9.88 Å². The lowest BCUT2D eigenvalue weighted by molar-refractivity contribution is 0.0810. The van der Waals surface area contributed by atoms with Gasteiger partial charge in [-0.2, -0.15) is 13.5 Å². The molecule has 0 radical (unpaired) electrons. The van der Waals surface area contributed by atoms with E-state index in [1.165, 1.54) is 83.7 Å². The summed E-state index contributed by atoms with van der Waals surface area (Å²) in [6.45, 7) is 2.38.